The molecule has 0 aromatic carbocycles. The molecule has 31 heavy (non-hydrogen) atoms. The molecule has 1 atom stereocenters. The molecule has 0 bridgehead atoms. The van der Waals surface area contributed by atoms with Crippen molar-refractivity contribution < 1.29 is 4.92 Å². The number of hydrogen-bond donors (Lipinski definition) is 0. The number of hydrogen-bond acceptors (Lipinski definition) is 7. The summed E-state index contributed by atoms with van der Waals surface area (Å²) in [5.41, 5.74) is 3.41. The third kappa shape index (κ3) is 3.20. The van der Waals surface area contributed by atoms with Gasteiger partial charge in [-0.15, -0.1) is 16.4 Å². The zero-order chi connectivity index (χ0) is 22.1. The number of aryl methyl sites for hydroxylation is 2. The number of fused-ring (bicyclic) bond motifs is 5. The van der Waals surface area contributed by atoms with Gasteiger partial charge in [-0.25, -0.2) is 14.5 Å². The van der Waals surface area contributed by atoms with E-state index in [4.69, 9.17) is 4.98 Å². The van der Waals surface area contributed by atoms with Gasteiger partial charge in [0.05, 0.1) is 10.3 Å². The molecule has 0 unspecified atom stereocenters. The van der Waals surface area contributed by atoms with Gasteiger partial charge < -0.3 is 0 Å². The van der Waals surface area contributed by atoms with E-state index in [9.17, 15) is 10.1 Å². The van der Waals surface area contributed by atoms with E-state index >= 15 is 0 Å². The summed E-state index contributed by atoms with van der Waals surface area (Å²) in [6, 6.07) is 0. The van der Waals surface area contributed by atoms with Crippen molar-refractivity contribution in [1.82, 2.24) is 29.4 Å². The molecule has 0 saturated heterocycles. The maximum Gasteiger partial charge on any atom is 0.312 e. The topological polar surface area (TPSA) is 104 Å². The lowest BCUT2D eigenvalue weighted by atomic mass is 9.72. The summed E-state index contributed by atoms with van der Waals surface area (Å²) in [6.07, 6.45) is 4.99. The van der Waals surface area contributed by atoms with Crippen LogP contribution >= 0.6 is 11.3 Å². The molecule has 10 heteroatoms. The zero-order valence-electron chi connectivity index (χ0n) is 18.3. The molecule has 0 saturated carbocycles. The highest BCUT2D eigenvalue weighted by Gasteiger charge is 2.32. The Kier molecular flexibility index (Phi) is 4.40. The quantitative estimate of drug-likeness (QED) is 0.349. The van der Waals surface area contributed by atoms with E-state index in [1.54, 1.807) is 40.7 Å². The van der Waals surface area contributed by atoms with Crippen LogP contribution in [0.25, 0.3) is 15.9 Å². The third-order valence-corrected chi connectivity index (χ3v) is 7.63. The lowest BCUT2D eigenvalue weighted by Crippen LogP contribution is -2.26. The average molecular weight is 440 g/mol. The van der Waals surface area contributed by atoms with Crippen molar-refractivity contribution in [2.45, 2.75) is 60.4 Å². The molecule has 0 fully saturated rings. The molecule has 1 aliphatic carbocycles. The predicted molar refractivity (Wildman–Crippen MR) is 119 cm³/mol. The van der Waals surface area contributed by atoms with E-state index < -0.39 is 0 Å². The van der Waals surface area contributed by atoms with Gasteiger partial charge in [0.15, 0.2) is 11.5 Å². The van der Waals surface area contributed by atoms with E-state index in [1.807, 2.05) is 0 Å². The fourth-order valence-electron chi connectivity index (χ4n) is 4.66. The third-order valence-electron chi connectivity index (χ3n) is 6.47. The summed E-state index contributed by atoms with van der Waals surface area (Å²) in [6.45, 7) is 10.6. The molecule has 0 aliphatic heterocycles. The van der Waals surface area contributed by atoms with Crippen LogP contribution < -0.4 is 0 Å². The van der Waals surface area contributed by atoms with Crippen LogP contribution in [0.3, 0.4) is 0 Å². The highest BCUT2D eigenvalue weighted by atomic mass is 32.1. The number of rotatable bonds is 3. The number of nitro groups is 1. The second-order valence-electron chi connectivity index (χ2n) is 9.46. The number of nitrogens with zero attached hydrogens (tertiary/aromatic N) is 7. The van der Waals surface area contributed by atoms with Crippen LogP contribution in [0.1, 0.15) is 54.8 Å². The standard InChI is InChI=1S/C21H25N7O2S/c1-11-18(28(29)30)12(2)26(24-11)9-16-23-19-17-14-7-6-13(21(3,4)5)8-15(14)31-20(17)22-10-27(19)25-16/h10,13H,6-9H2,1-5H3/t13-/m0/s1. The largest absolute Gasteiger partial charge is 0.312 e. The number of thiophene rings is 1. The van der Waals surface area contributed by atoms with Gasteiger partial charge in [-0.05, 0) is 50.0 Å². The van der Waals surface area contributed by atoms with Crippen molar-refractivity contribution in [2.75, 3.05) is 0 Å². The molecule has 1 aliphatic rings. The van der Waals surface area contributed by atoms with Crippen molar-refractivity contribution in [3.8, 4) is 0 Å². The Bertz CT molecular complexity index is 1340. The summed E-state index contributed by atoms with van der Waals surface area (Å²) in [5, 5.41) is 21.3. The molecule has 4 aromatic rings. The first-order chi connectivity index (χ1) is 14.6. The highest BCUT2D eigenvalue weighted by Crippen LogP contribution is 2.43. The van der Waals surface area contributed by atoms with Gasteiger partial charge in [0.25, 0.3) is 0 Å². The molecule has 4 aromatic heterocycles. The first-order valence-electron chi connectivity index (χ1n) is 10.5. The highest BCUT2D eigenvalue weighted by molar-refractivity contribution is 7.19. The summed E-state index contributed by atoms with van der Waals surface area (Å²) < 4.78 is 3.32. The predicted octanol–water partition coefficient (Wildman–Crippen LogP) is 4.26. The molecule has 5 rings (SSSR count). The second kappa shape index (κ2) is 6.81. The Hall–Kier alpha value is -2.88. The molecule has 0 amide bonds. The Morgan fingerprint density at radius 1 is 1.29 bits per heavy atom. The van der Waals surface area contributed by atoms with E-state index in [0.29, 0.717) is 28.5 Å². The molecule has 4 heterocycles. The van der Waals surface area contributed by atoms with Crippen molar-refractivity contribution in [2.24, 2.45) is 11.3 Å². The first kappa shape index (κ1) is 20.0. The zero-order valence-corrected chi connectivity index (χ0v) is 19.2. The van der Waals surface area contributed by atoms with Gasteiger partial charge in [0, 0.05) is 4.88 Å². The summed E-state index contributed by atoms with van der Waals surface area (Å²) >= 11 is 1.77. The van der Waals surface area contributed by atoms with Gasteiger partial charge in [0.2, 0.25) is 0 Å². The van der Waals surface area contributed by atoms with E-state index in [-0.39, 0.29) is 17.2 Å². The smallest absolute Gasteiger partial charge is 0.258 e. The minimum atomic E-state index is -0.388. The van der Waals surface area contributed by atoms with Crippen LogP contribution in [0.2, 0.25) is 0 Å². The van der Waals surface area contributed by atoms with Crippen LogP contribution in [0, 0.1) is 35.3 Å². The van der Waals surface area contributed by atoms with Gasteiger partial charge in [0.1, 0.15) is 29.1 Å². The second-order valence-corrected chi connectivity index (χ2v) is 10.5. The van der Waals surface area contributed by atoms with Crippen LogP contribution in [0.15, 0.2) is 6.33 Å². The molecule has 9 nitrogen and oxygen atoms in total. The van der Waals surface area contributed by atoms with Gasteiger partial charge in [-0.1, -0.05) is 20.8 Å². The lowest BCUT2D eigenvalue weighted by Gasteiger charge is -2.33. The normalized spacial score (nSPS) is 16.9. The molecule has 0 spiro atoms. The summed E-state index contributed by atoms with van der Waals surface area (Å²) in [7, 11) is 0. The van der Waals surface area contributed by atoms with Gasteiger partial charge in [-0.3, -0.25) is 14.8 Å². The van der Waals surface area contributed by atoms with Crippen LogP contribution in [0.5, 0.6) is 0 Å². The SMILES string of the molecule is Cc1nn(Cc2nc3c4c5c(sc4ncn3n2)C[C@@H](C(C)(C)C)CC5)c(C)c1[N+](=O)[O-]. The maximum atomic E-state index is 11.3. The van der Waals surface area contributed by atoms with E-state index in [0.717, 1.165) is 28.7 Å². The van der Waals surface area contributed by atoms with Crippen LogP contribution in [0.4, 0.5) is 5.69 Å². The van der Waals surface area contributed by atoms with Crippen molar-refractivity contribution in [3.05, 3.63) is 44.1 Å². The van der Waals surface area contributed by atoms with Crippen LogP contribution in [-0.4, -0.2) is 34.3 Å². The monoisotopic (exact) mass is 439 g/mol. The number of aromatic nitrogens is 6. The lowest BCUT2D eigenvalue weighted by molar-refractivity contribution is -0.386. The van der Waals surface area contributed by atoms with Crippen LogP contribution in [-0.2, 0) is 19.4 Å². The maximum absolute atomic E-state index is 11.3. The minimum absolute atomic E-state index is 0.0492. The Morgan fingerprint density at radius 2 is 2.06 bits per heavy atom. The van der Waals surface area contributed by atoms with E-state index in [1.165, 1.54) is 16.9 Å². The van der Waals surface area contributed by atoms with E-state index in [2.05, 4.69) is 36.0 Å². The minimum Gasteiger partial charge on any atom is -0.258 e. The Labute approximate surface area is 183 Å². The fraction of sp³-hybridized carbons (Fsp3) is 0.524. The van der Waals surface area contributed by atoms with Crippen molar-refractivity contribution in [3.63, 3.8) is 0 Å². The molecule has 0 radical (unpaired) electrons. The fourth-order valence-corrected chi connectivity index (χ4v) is 5.93. The molecular weight excluding hydrogens is 414 g/mol. The van der Waals surface area contributed by atoms with Gasteiger partial charge in [-0.2, -0.15) is 5.10 Å². The first-order valence-corrected chi connectivity index (χ1v) is 11.3. The molecule has 162 valence electrons. The Balaban J connectivity index is 1.55. The average Bonchev–Trinajstić information content (AvgIpc) is 3.33. The van der Waals surface area contributed by atoms with Crippen molar-refractivity contribution >= 4 is 32.9 Å². The van der Waals surface area contributed by atoms with Gasteiger partial charge >= 0.3 is 5.69 Å². The summed E-state index contributed by atoms with van der Waals surface area (Å²) in [5.74, 6) is 1.23. The van der Waals surface area contributed by atoms with Crippen molar-refractivity contribution in [1.29, 1.82) is 0 Å². The molecule has 0 N–H and O–H groups in total. The Morgan fingerprint density at radius 3 is 2.74 bits per heavy atom. The summed E-state index contributed by atoms with van der Waals surface area (Å²) in [4.78, 5) is 22.8. The molecular formula is C21H25N7O2S.